The number of hydrogen-bond acceptors (Lipinski definition) is 5. The highest BCUT2D eigenvalue weighted by molar-refractivity contribution is 6.04. The summed E-state index contributed by atoms with van der Waals surface area (Å²) in [6.07, 6.45) is 2.85. The molecule has 0 atom stereocenters. The highest BCUT2D eigenvalue weighted by atomic mass is 16.5. The molecule has 0 amide bonds. The first-order chi connectivity index (χ1) is 10.5. The fourth-order valence-corrected chi connectivity index (χ4v) is 1.84. The van der Waals surface area contributed by atoms with Crippen molar-refractivity contribution in [2.24, 2.45) is 0 Å². The molecule has 0 bridgehead atoms. The van der Waals surface area contributed by atoms with Gasteiger partial charge in [0.1, 0.15) is 0 Å². The Hall–Kier alpha value is -2.41. The van der Waals surface area contributed by atoms with Crippen LogP contribution >= 0.6 is 0 Å². The van der Waals surface area contributed by atoms with Crippen LogP contribution in [0.2, 0.25) is 0 Å². The molecule has 22 heavy (non-hydrogen) atoms. The van der Waals surface area contributed by atoms with E-state index in [-0.39, 0.29) is 29.9 Å². The Morgan fingerprint density at radius 1 is 0.909 bits per heavy atom. The molecule has 0 unspecified atom stereocenters. The van der Waals surface area contributed by atoms with E-state index >= 15 is 0 Å². The standard InChI is InChI=1S/C15H18O7/c16-7-3-1-2-4-8-22-15(21)12-9-10(13(17)18)5-6-11(12)14(19)20/h5-6,9,16H,1-4,7-8H2,(H,17,18)(H,19,20). The third-order valence-corrected chi connectivity index (χ3v) is 3.00. The van der Waals surface area contributed by atoms with Gasteiger partial charge in [0.15, 0.2) is 0 Å². The lowest BCUT2D eigenvalue weighted by Crippen LogP contribution is -2.14. The number of carbonyl (C=O) groups excluding carboxylic acids is 1. The number of aromatic carboxylic acids is 2. The number of carbonyl (C=O) groups is 3. The summed E-state index contributed by atoms with van der Waals surface area (Å²) in [4.78, 5) is 33.9. The van der Waals surface area contributed by atoms with Gasteiger partial charge in [-0.15, -0.1) is 0 Å². The molecule has 0 aliphatic carbocycles. The third-order valence-electron chi connectivity index (χ3n) is 3.00. The van der Waals surface area contributed by atoms with Crippen molar-refractivity contribution in [3.8, 4) is 0 Å². The van der Waals surface area contributed by atoms with Crippen LogP contribution in [-0.4, -0.2) is 46.4 Å². The van der Waals surface area contributed by atoms with E-state index in [0.717, 1.165) is 31.0 Å². The minimum Gasteiger partial charge on any atom is -0.478 e. The number of ether oxygens (including phenoxy) is 1. The topological polar surface area (TPSA) is 121 Å². The summed E-state index contributed by atoms with van der Waals surface area (Å²) in [6.45, 7) is 0.227. The predicted octanol–water partition coefficient (Wildman–Crippen LogP) is 1.79. The third kappa shape index (κ3) is 5.17. The summed E-state index contributed by atoms with van der Waals surface area (Å²) >= 11 is 0. The van der Waals surface area contributed by atoms with E-state index in [2.05, 4.69) is 0 Å². The summed E-state index contributed by atoms with van der Waals surface area (Å²) < 4.78 is 4.98. The summed E-state index contributed by atoms with van der Waals surface area (Å²) in [5.41, 5.74) is -0.752. The Bertz CT molecular complexity index is 551. The molecule has 0 aromatic heterocycles. The zero-order valence-corrected chi connectivity index (χ0v) is 11.9. The summed E-state index contributed by atoms with van der Waals surface area (Å²) in [5, 5.41) is 26.6. The lowest BCUT2D eigenvalue weighted by atomic mass is 10.0. The maximum atomic E-state index is 11.9. The highest BCUT2D eigenvalue weighted by Gasteiger charge is 2.20. The maximum Gasteiger partial charge on any atom is 0.339 e. The molecule has 0 saturated carbocycles. The fourth-order valence-electron chi connectivity index (χ4n) is 1.84. The normalized spacial score (nSPS) is 10.2. The lowest BCUT2D eigenvalue weighted by Gasteiger charge is -2.08. The predicted molar refractivity (Wildman–Crippen MR) is 76.2 cm³/mol. The molecule has 0 fully saturated rings. The van der Waals surface area contributed by atoms with E-state index in [1.807, 2.05) is 0 Å². The average Bonchev–Trinajstić information content (AvgIpc) is 2.49. The van der Waals surface area contributed by atoms with Gasteiger partial charge in [0.25, 0.3) is 0 Å². The zero-order valence-electron chi connectivity index (χ0n) is 11.9. The first-order valence-corrected chi connectivity index (χ1v) is 6.86. The SMILES string of the molecule is O=C(O)c1ccc(C(=O)O)c(C(=O)OCCCCCCO)c1. The van der Waals surface area contributed by atoms with Crippen molar-refractivity contribution in [3.05, 3.63) is 34.9 Å². The van der Waals surface area contributed by atoms with Crippen LogP contribution in [0.3, 0.4) is 0 Å². The number of carboxylic acid groups (broad SMARTS) is 2. The van der Waals surface area contributed by atoms with Crippen LogP contribution in [0.1, 0.15) is 56.8 Å². The summed E-state index contributed by atoms with van der Waals surface area (Å²) in [7, 11) is 0. The molecule has 0 heterocycles. The number of carboxylic acids is 2. The first kappa shape index (κ1) is 17.6. The van der Waals surface area contributed by atoms with Crippen LogP contribution in [0, 0.1) is 0 Å². The number of hydrogen-bond donors (Lipinski definition) is 3. The smallest absolute Gasteiger partial charge is 0.339 e. The highest BCUT2D eigenvalue weighted by Crippen LogP contribution is 2.14. The van der Waals surface area contributed by atoms with Gasteiger partial charge in [-0.1, -0.05) is 6.42 Å². The van der Waals surface area contributed by atoms with Gasteiger partial charge in [0, 0.05) is 6.61 Å². The second-order valence-electron chi connectivity index (χ2n) is 4.64. The molecule has 7 nitrogen and oxygen atoms in total. The second kappa shape index (κ2) is 8.78. The number of unbranched alkanes of at least 4 members (excludes halogenated alkanes) is 3. The van der Waals surface area contributed by atoms with Crippen molar-refractivity contribution < 1.29 is 34.4 Å². The largest absolute Gasteiger partial charge is 0.478 e. The molecule has 120 valence electrons. The summed E-state index contributed by atoms with van der Waals surface area (Å²) in [6, 6.07) is 3.20. The van der Waals surface area contributed by atoms with Crippen molar-refractivity contribution in [1.29, 1.82) is 0 Å². The van der Waals surface area contributed by atoms with Crippen molar-refractivity contribution in [2.45, 2.75) is 25.7 Å². The molecule has 1 aromatic carbocycles. The van der Waals surface area contributed by atoms with Gasteiger partial charge in [-0.05, 0) is 37.5 Å². The minimum atomic E-state index is -1.33. The molecule has 0 radical (unpaired) electrons. The van der Waals surface area contributed by atoms with Crippen molar-refractivity contribution in [1.82, 2.24) is 0 Å². The lowest BCUT2D eigenvalue weighted by molar-refractivity contribution is 0.0487. The Kier molecular flexibility index (Phi) is 7.04. The van der Waals surface area contributed by atoms with Gasteiger partial charge in [0.05, 0.1) is 23.3 Å². The zero-order chi connectivity index (χ0) is 16.5. The van der Waals surface area contributed by atoms with Crippen molar-refractivity contribution in [2.75, 3.05) is 13.2 Å². The molecule has 0 spiro atoms. The molecule has 0 aliphatic rings. The van der Waals surface area contributed by atoms with Crippen LogP contribution in [0.15, 0.2) is 18.2 Å². The van der Waals surface area contributed by atoms with Gasteiger partial charge < -0.3 is 20.1 Å². The average molecular weight is 310 g/mol. The van der Waals surface area contributed by atoms with Crippen LogP contribution in [0.25, 0.3) is 0 Å². The van der Waals surface area contributed by atoms with E-state index in [1.54, 1.807) is 0 Å². The number of benzene rings is 1. The molecule has 3 N–H and O–H groups in total. The number of aliphatic hydroxyl groups excluding tert-OH is 1. The number of aliphatic hydroxyl groups is 1. The van der Waals surface area contributed by atoms with Crippen LogP contribution in [0.5, 0.6) is 0 Å². The molecule has 1 rings (SSSR count). The maximum absolute atomic E-state index is 11.9. The molecule has 0 aliphatic heterocycles. The summed E-state index contributed by atoms with van der Waals surface area (Å²) in [5.74, 6) is -3.44. The van der Waals surface area contributed by atoms with Crippen LogP contribution in [-0.2, 0) is 4.74 Å². The Morgan fingerprint density at radius 3 is 2.18 bits per heavy atom. The van der Waals surface area contributed by atoms with E-state index < -0.39 is 17.9 Å². The Morgan fingerprint density at radius 2 is 1.59 bits per heavy atom. The first-order valence-electron chi connectivity index (χ1n) is 6.86. The minimum absolute atomic E-state index is 0.112. The quantitative estimate of drug-likeness (QED) is 0.469. The van der Waals surface area contributed by atoms with Gasteiger partial charge in [-0.25, -0.2) is 14.4 Å². The van der Waals surface area contributed by atoms with Gasteiger partial charge in [-0.2, -0.15) is 0 Å². The van der Waals surface area contributed by atoms with E-state index in [1.165, 1.54) is 0 Å². The molecular formula is C15H18O7. The van der Waals surface area contributed by atoms with E-state index in [0.29, 0.717) is 12.8 Å². The monoisotopic (exact) mass is 310 g/mol. The fraction of sp³-hybridized carbons (Fsp3) is 0.400. The van der Waals surface area contributed by atoms with Gasteiger partial charge >= 0.3 is 17.9 Å². The van der Waals surface area contributed by atoms with Crippen molar-refractivity contribution in [3.63, 3.8) is 0 Å². The Balaban J connectivity index is 2.72. The Labute approximate surface area is 127 Å². The molecule has 1 aromatic rings. The van der Waals surface area contributed by atoms with Gasteiger partial charge in [0.2, 0.25) is 0 Å². The molecule has 0 saturated heterocycles. The number of esters is 1. The van der Waals surface area contributed by atoms with E-state index in [9.17, 15) is 14.4 Å². The van der Waals surface area contributed by atoms with Crippen molar-refractivity contribution >= 4 is 17.9 Å². The number of rotatable bonds is 9. The van der Waals surface area contributed by atoms with E-state index in [4.69, 9.17) is 20.1 Å². The molecule has 7 heteroatoms. The second-order valence-corrected chi connectivity index (χ2v) is 4.64. The van der Waals surface area contributed by atoms with Crippen LogP contribution in [0.4, 0.5) is 0 Å². The van der Waals surface area contributed by atoms with Crippen LogP contribution < -0.4 is 0 Å². The molecular weight excluding hydrogens is 292 g/mol. The van der Waals surface area contributed by atoms with Gasteiger partial charge in [-0.3, -0.25) is 0 Å².